The molecule has 33 heavy (non-hydrogen) atoms. The fourth-order valence-electron chi connectivity index (χ4n) is 6.66. The molecule has 0 aromatic heterocycles. The van der Waals surface area contributed by atoms with Crippen LogP contribution in [0.5, 0.6) is 0 Å². The van der Waals surface area contributed by atoms with Crippen molar-refractivity contribution in [2.75, 3.05) is 10.6 Å². The molecule has 0 amide bonds. The first kappa shape index (κ1) is 22.3. The molecule has 2 aromatic rings. The minimum Gasteiger partial charge on any atom is -0.376 e. The lowest BCUT2D eigenvalue weighted by atomic mass is 9.68. The van der Waals surface area contributed by atoms with Crippen LogP contribution >= 0.6 is 0 Å². The highest BCUT2D eigenvalue weighted by atomic mass is 15.0. The Kier molecular flexibility index (Phi) is 5.27. The van der Waals surface area contributed by atoms with Crippen LogP contribution < -0.4 is 10.6 Å². The van der Waals surface area contributed by atoms with Crippen molar-refractivity contribution in [3.05, 3.63) is 70.8 Å². The van der Waals surface area contributed by atoms with Crippen LogP contribution in [0.1, 0.15) is 102 Å². The average molecular weight is 441 g/mol. The van der Waals surface area contributed by atoms with Crippen LogP contribution in [0, 0.1) is 0 Å². The van der Waals surface area contributed by atoms with Crippen LogP contribution in [0.15, 0.2) is 48.6 Å². The van der Waals surface area contributed by atoms with Crippen LogP contribution in [0.25, 0.3) is 11.1 Å². The predicted molar refractivity (Wildman–Crippen MR) is 144 cm³/mol. The quantitative estimate of drug-likeness (QED) is 0.457. The molecule has 2 aromatic carbocycles. The van der Waals surface area contributed by atoms with Crippen LogP contribution in [0.4, 0.5) is 11.4 Å². The molecule has 1 saturated carbocycles. The van der Waals surface area contributed by atoms with Crippen molar-refractivity contribution in [3.63, 3.8) is 0 Å². The molecule has 0 radical (unpaired) electrons. The van der Waals surface area contributed by atoms with Gasteiger partial charge in [0, 0.05) is 27.9 Å². The fraction of sp³-hybridized carbons (Fsp3) is 0.484. The summed E-state index contributed by atoms with van der Waals surface area (Å²) in [7, 11) is 0. The molecule has 0 atom stereocenters. The van der Waals surface area contributed by atoms with Crippen LogP contribution in [0.3, 0.4) is 0 Å². The summed E-state index contributed by atoms with van der Waals surface area (Å²) in [6.07, 6.45) is 12.4. The summed E-state index contributed by atoms with van der Waals surface area (Å²) >= 11 is 0. The van der Waals surface area contributed by atoms with E-state index in [-0.39, 0.29) is 16.5 Å². The monoisotopic (exact) mass is 440 g/mol. The lowest BCUT2D eigenvalue weighted by Crippen LogP contribution is -2.33. The van der Waals surface area contributed by atoms with E-state index < -0.39 is 0 Å². The van der Waals surface area contributed by atoms with Gasteiger partial charge in [0.1, 0.15) is 0 Å². The van der Waals surface area contributed by atoms with Gasteiger partial charge in [-0.25, -0.2) is 0 Å². The van der Waals surface area contributed by atoms with Crippen molar-refractivity contribution in [2.45, 2.75) is 96.6 Å². The van der Waals surface area contributed by atoms with Gasteiger partial charge in [-0.2, -0.15) is 0 Å². The number of fused-ring (bicyclic) bond motifs is 2. The average Bonchev–Trinajstić information content (AvgIpc) is 2.98. The van der Waals surface area contributed by atoms with Crippen molar-refractivity contribution in [1.82, 2.24) is 0 Å². The lowest BCUT2D eigenvalue weighted by molar-refractivity contribution is 0.445. The third kappa shape index (κ3) is 4.03. The molecule has 2 heterocycles. The molecule has 2 heteroatoms. The molecule has 1 aliphatic carbocycles. The molecule has 2 nitrogen and oxygen atoms in total. The standard InChI is InChI=1S/C31H40N2/c1-21-19-29(3,4)32-27-17-23(11-13-25(21)27)31(15-9-7-8-10-16-31)24-12-14-26-22(2)20-30(5,6)33-28(26)18-24/h11-14,17-20,32-33H,7-10,15-16H2,1-6H3. The van der Waals surface area contributed by atoms with Crippen LogP contribution in [0.2, 0.25) is 0 Å². The maximum Gasteiger partial charge on any atom is 0.0505 e. The molecular formula is C31H40N2. The SMILES string of the molecule is CC1=CC(C)(C)Nc2cc(C3(c4ccc5c(c4)NC(C)(C)C=C5C)CCCCCC3)ccc21. The zero-order valence-corrected chi connectivity index (χ0v) is 21.4. The smallest absolute Gasteiger partial charge is 0.0505 e. The normalized spacial score (nSPS) is 22.5. The van der Waals surface area contributed by atoms with Crippen LogP contribution in [-0.2, 0) is 5.41 Å². The Morgan fingerprint density at radius 2 is 1.03 bits per heavy atom. The third-order valence-electron chi connectivity index (χ3n) is 8.02. The summed E-state index contributed by atoms with van der Waals surface area (Å²) in [4.78, 5) is 0. The lowest BCUT2D eigenvalue weighted by Gasteiger charge is -2.38. The summed E-state index contributed by atoms with van der Waals surface area (Å²) in [5, 5.41) is 7.60. The number of hydrogen-bond acceptors (Lipinski definition) is 2. The van der Waals surface area contributed by atoms with Crippen molar-refractivity contribution in [3.8, 4) is 0 Å². The Hall–Kier alpha value is -2.48. The van der Waals surface area contributed by atoms with Gasteiger partial charge in [-0.05, 0) is 88.8 Å². The van der Waals surface area contributed by atoms with E-state index in [9.17, 15) is 0 Å². The largest absolute Gasteiger partial charge is 0.376 e. The molecule has 0 bridgehead atoms. The van der Waals surface area contributed by atoms with Crippen molar-refractivity contribution < 1.29 is 0 Å². The first-order valence-electron chi connectivity index (χ1n) is 12.8. The van der Waals surface area contributed by atoms with Gasteiger partial charge in [0.25, 0.3) is 0 Å². The minimum absolute atomic E-state index is 0.0164. The molecule has 5 rings (SSSR count). The van der Waals surface area contributed by atoms with Crippen molar-refractivity contribution >= 4 is 22.5 Å². The Morgan fingerprint density at radius 1 is 0.606 bits per heavy atom. The summed E-state index contributed by atoms with van der Waals surface area (Å²) in [6.45, 7) is 13.5. The molecule has 0 spiro atoms. The van der Waals surface area contributed by atoms with E-state index in [0.29, 0.717) is 0 Å². The van der Waals surface area contributed by atoms with Crippen molar-refractivity contribution in [2.24, 2.45) is 0 Å². The Labute approximate surface area is 200 Å². The zero-order chi connectivity index (χ0) is 23.4. The maximum absolute atomic E-state index is 3.80. The molecule has 0 unspecified atom stereocenters. The van der Waals surface area contributed by atoms with Gasteiger partial charge in [0.2, 0.25) is 0 Å². The fourth-order valence-corrected chi connectivity index (χ4v) is 6.66. The molecule has 0 saturated heterocycles. The maximum atomic E-state index is 3.80. The van der Waals surface area contributed by atoms with E-state index in [1.165, 1.54) is 83.3 Å². The number of benzene rings is 2. The van der Waals surface area contributed by atoms with Gasteiger partial charge in [-0.15, -0.1) is 0 Å². The number of hydrogen-bond donors (Lipinski definition) is 2. The number of allylic oxidation sites excluding steroid dienone is 2. The second kappa shape index (κ2) is 7.79. The van der Waals surface area contributed by atoms with Gasteiger partial charge >= 0.3 is 0 Å². The number of rotatable bonds is 2. The molecule has 1 fully saturated rings. The van der Waals surface area contributed by atoms with E-state index in [1.807, 2.05) is 0 Å². The zero-order valence-electron chi connectivity index (χ0n) is 21.4. The van der Waals surface area contributed by atoms with E-state index in [4.69, 9.17) is 0 Å². The molecule has 174 valence electrons. The molecule has 3 aliphatic rings. The highest BCUT2D eigenvalue weighted by Gasteiger charge is 2.37. The molecule has 2 aliphatic heterocycles. The van der Waals surface area contributed by atoms with Gasteiger partial charge in [-0.1, -0.05) is 62.1 Å². The van der Waals surface area contributed by atoms with E-state index in [0.717, 1.165) is 0 Å². The van der Waals surface area contributed by atoms with Gasteiger partial charge < -0.3 is 10.6 Å². The van der Waals surface area contributed by atoms with E-state index in [1.54, 1.807) is 0 Å². The third-order valence-corrected chi connectivity index (χ3v) is 8.02. The number of nitrogens with one attached hydrogen (secondary N) is 2. The summed E-state index contributed by atoms with van der Waals surface area (Å²) in [6, 6.07) is 14.5. The van der Waals surface area contributed by atoms with E-state index >= 15 is 0 Å². The second-order valence-corrected chi connectivity index (χ2v) is 11.9. The Balaban J connectivity index is 1.65. The summed E-state index contributed by atoms with van der Waals surface area (Å²) in [5.41, 5.74) is 11.0. The molecule has 2 N–H and O–H groups in total. The van der Waals surface area contributed by atoms with Gasteiger partial charge in [-0.3, -0.25) is 0 Å². The highest BCUT2D eigenvalue weighted by Crippen LogP contribution is 2.48. The van der Waals surface area contributed by atoms with Crippen LogP contribution in [-0.4, -0.2) is 11.1 Å². The summed E-state index contributed by atoms with van der Waals surface area (Å²) in [5.74, 6) is 0. The van der Waals surface area contributed by atoms with E-state index in [2.05, 4.69) is 101 Å². The van der Waals surface area contributed by atoms with Gasteiger partial charge in [0.15, 0.2) is 0 Å². The Bertz CT molecular complexity index is 1050. The van der Waals surface area contributed by atoms with Crippen molar-refractivity contribution in [1.29, 1.82) is 0 Å². The second-order valence-electron chi connectivity index (χ2n) is 11.9. The first-order chi connectivity index (χ1) is 15.6. The highest BCUT2D eigenvalue weighted by molar-refractivity contribution is 5.82. The number of anilines is 2. The predicted octanol–water partition coefficient (Wildman–Crippen LogP) is 8.54. The summed E-state index contributed by atoms with van der Waals surface area (Å²) < 4.78 is 0. The van der Waals surface area contributed by atoms with Gasteiger partial charge in [0.05, 0.1) is 11.1 Å². The minimum atomic E-state index is -0.0164. The topological polar surface area (TPSA) is 24.1 Å². The Morgan fingerprint density at radius 3 is 1.45 bits per heavy atom. The molecular weight excluding hydrogens is 400 g/mol. The first-order valence-corrected chi connectivity index (χ1v) is 12.8.